The molecule has 0 aliphatic carbocycles. The lowest BCUT2D eigenvalue weighted by molar-refractivity contribution is 0.881. The van der Waals surface area contributed by atoms with Gasteiger partial charge in [0.2, 0.25) is 0 Å². The zero-order valence-electron chi connectivity index (χ0n) is 6.83. The van der Waals surface area contributed by atoms with Crippen LogP contribution in [-0.4, -0.2) is 20.6 Å². The molecular formula is C7H5Br2N5. The van der Waals surface area contributed by atoms with Crippen LogP contribution in [0.15, 0.2) is 27.1 Å². The Morgan fingerprint density at radius 2 is 1.86 bits per heavy atom. The number of aromatic amines is 1. The summed E-state index contributed by atoms with van der Waals surface area (Å²) in [6.45, 7) is 0. The summed E-state index contributed by atoms with van der Waals surface area (Å²) in [6, 6.07) is 5.78. The van der Waals surface area contributed by atoms with Gasteiger partial charge < -0.3 is 5.32 Å². The number of halogens is 2. The highest BCUT2D eigenvalue weighted by molar-refractivity contribution is 9.11. The van der Waals surface area contributed by atoms with Crippen molar-refractivity contribution in [1.29, 1.82) is 0 Å². The second-order valence-corrected chi connectivity index (χ2v) is 4.35. The Kier molecular flexibility index (Phi) is 2.78. The minimum atomic E-state index is 0.440. The summed E-state index contributed by atoms with van der Waals surface area (Å²) in [4.78, 5) is 0. The van der Waals surface area contributed by atoms with Crippen LogP contribution in [0.3, 0.4) is 0 Å². The van der Waals surface area contributed by atoms with Gasteiger partial charge >= 0.3 is 0 Å². The van der Waals surface area contributed by atoms with E-state index in [1.165, 1.54) is 0 Å². The molecule has 72 valence electrons. The van der Waals surface area contributed by atoms with Crippen molar-refractivity contribution in [2.45, 2.75) is 0 Å². The van der Waals surface area contributed by atoms with Gasteiger partial charge in [0.25, 0.3) is 5.95 Å². The molecule has 2 aromatic rings. The third-order valence-electron chi connectivity index (χ3n) is 1.46. The van der Waals surface area contributed by atoms with E-state index in [4.69, 9.17) is 0 Å². The maximum Gasteiger partial charge on any atom is 0.267 e. The standard InChI is InChI=1S/C7H5Br2N5/c8-4-1-5(9)3-6(2-4)10-7-11-13-14-12-7/h1-3H,(H2,10,11,12,13,14). The minimum absolute atomic E-state index is 0.440. The summed E-state index contributed by atoms with van der Waals surface area (Å²) < 4.78 is 1.94. The van der Waals surface area contributed by atoms with E-state index in [1.807, 2.05) is 18.2 Å². The quantitative estimate of drug-likeness (QED) is 0.892. The molecule has 0 saturated heterocycles. The predicted molar refractivity (Wildman–Crippen MR) is 59.3 cm³/mol. The summed E-state index contributed by atoms with van der Waals surface area (Å²) in [5.41, 5.74) is 0.882. The second kappa shape index (κ2) is 4.05. The smallest absolute Gasteiger partial charge is 0.267 e. The fraction of sp³-hybridized carbons (Fsp3) is 0. The van der Waals surface area contributed by atoms with Crippen LogP contribution in [-0.2, 0) is 0 Å². The van der Waals surface area contributed by atoms with Crippen LogP contribution in [0.25, 0.3) is 0 Å². The maximum atomic E-state index is 3.78. The van der Waals surface area contributed by atoms with Crippen molar-refractivity contribution < 1.29 is 0 Å². The monoisotopic (exact) mass is 317 g/mol. The normalized spacial score (nSPS) is 10.1. The maximum absolute atomic E-state index is 3.78. The first-order valence-electron chi connectivity index (χ1n) is 3.70. The summed E-state index contributed by atoms with van der Waals surface area (Å²) in [5.74, 6) is 0.440. The zero-order valence-corrected chi connectivity index (χ0v) is 10.0. The molecule has 0 atom stereocenters. The molecular weight excluding hydrogens is 314 g/mol. The molecule has 0 bridgehead atoms. The number of nitrogens with zero attached hydrogens (tertiary/aromatic N) is 3. The van der Waals surface area contributed by atoms with E-state index < -0.39 is 0 Å². The van der Waals surface area contributed by atoms with Gasteiger partial charge in [-0.3, -0.25) is 0 Å². The number of tetrazole rings is 1. The van der Waals surface area contributed by atoms with Gasteiger partial charge in [-0.15, -0.1) is 5.10 Å². The first-order valence-corrected chi connectivity index (χ1v) is 5.29. The van der Waals surface area contributed by atoms with E-state index >= 15 is 0 Å². The Morgan fingerprint density at radius 1 is 1.14 bits per heavy atom. The van der Waals surface area contributed by atoms with Gasteiger partial charge in [0.05, 0.1) is 0 Å². The van der Waals surface area contributed by atoms with Crippen molar-refractivity contribution in [3.8, 4) is 0 Å². The first-order chi connectivity index (χ1) is 6.74. The van der Waals surface area contributed by atoms with Crippen molar-refractivity contribution in [3.63, 3.8) is 0 Å². The predicted octanol–water partition coefficient (Wildman–Crippen LogP) is 2.47. The van der Waals surface area contributed by atoms with E-state index in [9.17, 15) is 0 Å². The number of hydrogen-bond acceptors (Lipinski definition) is 4. The Hall–Kier alpha value is -0.950. The molecule has 0 radical (unpaired) electrons. The van der Waals surface area contributed by atoms with E-state index in [1.54, 1.807) is 0 Å². The zero-order chi connectivity index (χ0) is 9.97. The molecule has 2 rings (SSSR count). The Morgan fingerprint density at radius 3 is 2.43 bits per heavy atom. The van der Waals surface area contributed by atoms with Crippen LogP contribution in [0.1, 0.15) is 0 Å². The molecule has 5 nitrogen and oxygen atoms in total. The van der Waals surface area contributed by atoms with Gasteiger partial charge in [-0.25, -0.2) is 0 Å². The van der Waals surface area contributed by atoms with Crippen LogP contribution in [0.5, 0.6) is 0 Å². The summed E-state index contributed by atoms with van der Waals surface area (Å²) in [5, 5.41) is 16.4. The highest BCUT2D eigenvalue weighted by atomic mass is 79.9. The first kappa shape index (κ1) is 9.60. The molecule has 0 aliphatic heterocycles. The number of anilines is 2. The van der Waals surface area contributed by atoms with E-state index in [-0.39, 0.29) is 0 Å². The van der Waals surface area contributed by atoms with E-state index in [2.05, 4.69) is 57.8 Å². The van der Waals surface area contributed by atoms with Gasteiger partial charge in [-0.2, -0.15) is 5.21 Å². The molecule has 14 heavy (non-hydrogen) atoms. The largest absolute Gasteiger partial charge is 0.321 e. The SMILES string of the molecule is Brc1cc(Br)cc(Nc2nn[nH]n2)c1. The lowest BCUT2D eigenvalue weighted by Crippen LogP contribution is -1.92. The number of benzene rings is 1. The van der Waals surface area contributed by atoms with Crippen LogP contribution in [0, 0.1) is 0 Å². The Bertz CT molecular complexity index is 407. The molecule has 0 spiro atoms. The fourth-order valence-corrected chi connectivity index (χ4v) is 2.26. The lowest BCUT2D eigenvalue weighted by Gasteiger charge is -2.02. The van der Waals surface area contributed by atoms with Crippen molar-refractivity contribution in [3.05, 3.63) is 27.1 Å². The second-order valence-electron chi connectivity index (χ2n) is 2.52. The summed E-state index contributed by atoms with van der Waals surface area (Å²) in [7, 11) is 0. The molecule has 0 fully saturated rings. The molecule has 0 amide bonds. The Labute approximate surface area is 96.5 Å². The van der Waals surface area contributed by atoms with Gasteiger partial charge in [-0.1, -0.05) is 37.0 Å². The number of H-pyrrole nitrogens is 1. The molecule has 0 aliphatic rings. The van der Waals surface area contributed by atoms with Crippen molar-refractivity contribution >= 4 is 43.5 Å². The summed E-state index contributed by atoms with van der Waals surface area (Å²) in [6.07, 6.45) is 0. The number of nitrogens with one attached hydrogen (secondary N) is 2. The van der Waals surface area contributed by atoms with Gasteiger partial charge in [0.1, 0.15) is 0 Å². The minimum Gasteiger partial charge on any atom is -0.321 e. The third kappa shape index (κ3) is 2.30. The molecule has 0 unspecified atom stereocenters. The lowest BCUT2D eigenvalue weighted by atomic mass is 10.3. The average molecular weight is 319 g/mol. The molecule has 2 N–H and O–H groups in total. The van der Waals surface area contributed by atoms with Gasteiger partial charge in [0, 0.05) is 14.6 Å². The van der Waals surface area contributed by atoms with Crippen molar-refractivity contribution in [1.82, 2.24) is 20.6 Å². The van der Waals surface area contributed by atoms with Crippen LogP contribution >= 0.6 is 31.9 Å². The topological polar surface area (TPSA) is 66.5 Å². The van der Waals surface area contributed by atoms with Crippen molar-refractivity contribution in [2.75, 3.05) is 5.32 Å². The van der Waals surface area contributed by atoms with E-state index in [0.29, 0.717) is 5.95 Å². The highest BCUT2D eigenvalue weighted by Crippen LogP contribution is 2.24. The molecule has 7 heteroatoms. The molecule has 1 heterocycles. The van der Waals surface area contributed by atoms with Crippen LogP contribution < -0.4 is 5.32 Å². The third-order valence-corrected chi connectivity index (χ3v) is 2.38. The Balaban J connectivity index is 2.25. The highest BCUT2D eigenvalue weighted by Gasteiger charge is 2.00. The van der Waals surface area contributed by atoms with Crippen molar-refractivity contribution in [2.24, 2.45) is 0 Å². The number of hydrogen-bond donors (Lipinski definition) is 2. The van der Waals surface area contributed by atoms with Gasteiger partial charge in [-0.05, 0) is 23.4 Å². The van der Waals surface area contributed by atoms with Gasteiger partial charge in [0.15, 0.2) is 0 Å². The molecule has 1 aromatic carbocycles. The summed E-state index contributed by atoms with van der Waals surface area (Å²) >= 11 is 6.77. The number of aromatic nitrogens is 4. The van der Waals surface area contributed by atoms with Crippen LogP contribution in [0.2, 0.25) is 0 Å². The molecule has 1 aromatic heterocycles. The van der Waals surface area contributed by atoms with E-state index in [0.717, 1.165) is 14.6 Å². The molecule has 0 saturated carbocycles. The van der Waals surface area contributed by atoms with Crippen LogP contribution in [0.4, 0.5) is 11.6 Å². The fourth-order valence-electron chi connectivity index (χ4n) is 0.970. The number of rotatable bonds is 2. The average Bonchev–Trinajstić information content (AvgIpc) is 2.54.